The molecule has 0 fully saturated rings. The Hall–Kier alpha value is -1.90. The van der Waals surface area contributed by atoms with Crippen molar-refractivity contribution in [3.05, 3.63) is 41.0 Å². The maximum Gasteiger partial charge on any atom is 0.150 e. The van der Waals surface area contributed by atoms with Crippen molar-refractivity contribution >= 4 is 18.3 Å². The van der Waals surface area contributed by atoms with Gasteiger partial charge in [0.25, 0.3) is 0 Å². The first kappa shape index (κ1) is 10.2. The third-order valence-corrected chi connectivity index (χ3v) is 1.75. The number of rotatable bonds is 3. The summed E-state index contributed by atoms with van der Waals surface area (Å²) < 4.78 is 0. The average molecular weight is 189 g/mol. The second-order valence-corrected chi connectivity index (χ2v) is 2.90. The highest BCUT2D eigenvalue weighted by molar-refractivity contribution is 5.90. The molecular formula is C11H9O3-. The third kappa shape index (κ3) is 2.55. The van der Waals surface area contributed by atoms with Crippen LogP contribution < -0.4 is 5.11 Å². The van der Waals surface area contributed by atoms with E-state index in [1.54, 1.807) is 24.3 Å². The quantitative estimate of drug-likeness (QED) is 0.518. The lowest BCUT2D eigenvalue weighted by molar-refractivity contribution is -0.299. The fourth-order valence-corrected chi connectivity index (χ4v) is 1.03. The monoisotopic (exact) mass is 189 g/mol. The number of carboxylic acids is 1. The van der Waals surface area contributed by atoms with Gasteiger partial charge in [0.2, 0.25) is 0 Å². The Labute approximate surface area is 81.7 Å². The van der Waals surface area contributed by atoms with Gasteiger partial charge in [0.15, 0.2) is 0 Å². The van der Waals surface area contributed by atoms with Gasteiger partial charge in [0.1, 0.15) is 6.29 Å². The molecule has 3 nitrogen and oxygen atoms in total. The fourth-order valence-electron chi connectivity index (χ4n) is 1.03. The van der Waals surface area contributed by atoms with Crippen LogP contribution in [0.3, 0.4) is 0 Å². The van der Waals surface area contributed by atoms with Crippen LogP contribution >= 0.6 is 0 Å². The molecule has 0 atom stereocenters. The summed E-state index contributed by atoms with van der Waals surface area (Å²) in [5.41, 5.74) is 1.33. The Morgan fingerprint density at radius 1 is 1.36 bits per heavy atom. The van der Waals surface area contributed by atoms with E-state index in [9.17, 15) is 14.7 Å². The van der Waals surface area contributed by atoms with Crippen molar-refractivity contribution in [2.45, 2.75) is 6.92 Å². The second kappa shape index (κ2) is 4.37. The number of aldehydes is 1. The van der Waals surface area contributed by atoms with E-state index in [1.807, 2.05) is 0 Å². The molecule has 1 aromatic carbocycles. The van der Waals surface area contributed by atoms with E-state index in [0.29, 0.717) is 17.4 Å². The number of benzene rings is 1. The van der Waals surface area contributed by atoms with Crippen LogP contribution in [0.2, 0.25) is 0 Å². The normalized spacial score (nSPS) is 11.1. The summed E-state index contributed by atoms with van der Waals surface area (Å²) in [4.78, 5) is 20.8. The van der Waals surface area contributed by atoms with Crippen molar-refractivity contribution in [2.24, 2.45) is 0 Å². The van der Waals surface area contributed by atoms with Crippen LogP contribution in [0.1, 0.15) is 22.8 Å². The molecule has 0 aliphatic carbocycles. The average Bonchev–Trinajstić information content (AvgIpc) is 2.18. The van der Waals surface area contributed by atoms with Gasteiger partial charge in [-0.05, 0) is 24.1 Å². The Morgan fingerprint density at radius 2 is 2.00 bits per heavy atom. The Bertz CT molecular complexity index is 391. The van der Waals surface area contributed by atoms with Gasteiger partial charge in [-0.2, -0.15) is 0 Å². The largest absolute Gasteiger partial charge is 0.545 e. The Kier molecular flexibility index (Phi) is 3.18. The number of carbonyl (C=O) groups is 2. The molecule has 0 amide bonds. The summed E-state index contributed by atoms with van der Waals surface area (Å²) in [6.07, 6.45) is 2.17. The molecule has 1 rings (SSSR count). The lowest BCUT2D eigenvalue weighted by Crippen LogP contribution is -2.22. The van der Waals surface area contributed by atoms with E-state index >= 15 is 0 Å². The van der Waals surface area contributed by atoms with Gasteiger partial charge in [-0.25, -0.2) is 0 Å². The standard InChI is InChI=1S/C11H10O3/c1-8(11(13)14)5-9-3-2-4-10(6-9)7-12/h2-7H,1H3,(H,13,14)/p-1/b8-5+. The summed E-state index contributed by atoms with van der Waals surface area (Å²) in [6, 6.07) is 6.68. The minimum Gasteiger partial charge on any atom is -0.545 e. The summed E-state index contributed by atoms with van der Waals surface area (Å²) in [7, 11) is 0. The van der Waals surface area contributed by atoms with Gasteiger partial charge in [0.05, 0.1) is 5.97 Å². The lowest BCUT2D eigenvalue weighted by atomic mass is 10.1. The molecule has 14 heavy (non-hydrogen) atoms. The van der Waals surface area contributed by atoms with Crippen LogP contribution in [0.15, 0.2) is 29.8 Å². The second-order valence-electron chi connectivity index (χ2n) is 2.90. The summed E-state index contributed by atoms with van der Waals surface area (Å²) in [5.74, 6) is -1.21. The van der Waals surface area contributed by atoms with Crippen molar-refractivity contribution in [1.82, 2.24) is 0 Å². The first-order valence-corrected chi connectivity index (χ1v) is 4.08. The predicted octanol–water partition coefficient (Wildman–Crippen LogP) is 0.652. The first-order valence-electron chi connectivity index (χ1n) is 4.08. The molecule has 0 radical (unpaired) electrons. The molecule has 0 aromatic heterocycles. The van der Waals surface area contributed by atoms with Crippen LogP contribution in [-0.4, -0.2) is 12.3 Å². The van der Waals surface area contributed by atoms with Crippen molar-refractivity contribution in [2.75, 3.05) is 0 Å². The van der Waals surface area contributed by atoms with E-state index in [4.69, 9.17) is 0 Å². The third-order valence-electron chi connectivity index (χ3n) is 1.75. The highest BCUT2D eigenvalue weighted by Gasteiger charge is 1.93. The molecule has 0 heterocycles. The van der Waals surface area contributed by atoms with Crippen LogP contribution in [0.25, 0.3) is 6.08 Å². The van der Waals surface area contributed by atoms with Crippen LogP contribution in [0.4, 0.5) is 0 Å². The van der Waals surface area contributed by atoms with E-state index < -0.39 is 5.97 Å². The number of carbonyl (C=O) groups excluding carboxylic acids is 2. The van der Waals surface area contributed by atoms with Crippen molar-refractivity contribution in [1.29, 1.82) is 0 Å². The molecule has 0 unspecified atom stereocenters. The number of hydrogen-bond acceptors (Lipinski definition) is 3. The van der Waals surface area contributed by atoms with E-state index in [0.717, 1.165) is 0 Å². The van der Waals surface area contributed by atoms with Crippen molar-refractivity contribution in [3.63, 3.8) is 0 Å². The highest BCUT2D eigenvalue weighted by atomic mass is 16.4. The molecule has 0 aliphatic rings. The molecule has 0 bridgehead atoms. The number of aliphatic carboxylic acids is 1. The van der Waals surface area contributed by atoms with E-state index in [-0.39, 0.29) is 5.57 Å². The predicted molar refractivity (Wildman–Crippen MR) is 50.5 cm³/mol. The minimum absolute atomic E-state index is 0.132. The topological polar surface area (TPSA) is 57.2 Å². The number of carboxylic acid groups (broad SMARTS) is 1. The van der Waals surface area contributed by atoms with Gasteiger partial charge in [-0.15, -0.1) is 0 Å². The van der Waals surface area contributed by atoms with Crippen molar-refractivity contribution < 1.29 is 14.7 Å². The zero-order valence-corrected chi connectivity index (χ0v) is 7.69. The summed E-state index contributed by atoms with van der Waals surface area (Å²) >= 11 is 0. The molecule has 0 aliphatic heterocycles. The Balaban J connectivity index is 3.02. The zero-order chi connectivity index (χ0) is 10.6. The molecular weight excluding hydrogens is 180 g/mol. The fraction of sp³-hybridized carbons (Fsp3) is 0.0909. The number of hydrogen-bond donors (Lipinski definition) is 0. The maximum absolute atomic E-state index is 10.4. The van der Waals surface area contributed by atoms with E-state index in [1.165, 1.54) is 13.0 Å². The maximum atomic E-state index is 10.4. The minimum atomic E-state index is -1.21. The lowest BCUT2D eigenvalue weighted by Gasteiger charge is -2.01. The molecule has 0 saturated heterocycles. The van der Waals surface area contributed by atoms with Gasteiger partial charge in [-0.3, -0.25) is 4.79 Å². The van der Waals surface area contributed by atoms with Gasteiger partial charge in [-0.1, -0.05) is 24.3 Å². The first-order chi connectivity index (χ1) is 6.63. The van der Waals surface area contributed by atoms with Gasteiger partial charge < -0.3 is 9.90 Å². The molecule has 0 spiro atoms. The van der Waals surface area contributed by atoms with Crippen LogP contribution in [0, 0.1) is 0 Å². The highest BCUT2D eigenvalue weighted by Crippen LogP contribution is 2.08. The molecule has 3 heteroatoms. The van der Waals surface area contributed by atoms with Gasteiger partial charge in [0, 0.05) is 5.56 Å². The van der Waals surface area contributed by atoms with Gasteiger partial charge >= 0.3 is 0 Å². The summed E-state index contributed by atoms with van der Waals surface area (Å²) in [5, 5.41) is 10.4. The SMILES string of the molecule is C/C(=C\c1cccc(C=O)c1)C(=O)[O-]. The van der Waals surface area contributed by atoms with Crippen LogP contribution in [-0.2, 0) is 4.79 Å². The Morgan fingerprint density at radius 3 is 2.57 bits per heavy atom. The molecule has 1 aromatic rings. The zero-order valence-electron chi connectivity index (χ0n) is 7.69. The molecule has 0 saturated carbocycles. The molecule has 0 N–H and O–H groups in total. The smallest absolute Gasteiger partial charge is 0.150 e. The van der Waals surface area contributed by atoms with Crippen molar-refractivity contribution in [3.8, 4) is 0 Å². The summed E-state index contributed by atoms with van der Waals surface area (Å²) in [6.45, 7) is 1.45. The van der Waals surface area contributed by atoms with Crippen LogP contribution in [0.5, 0.6) is 0 Å². The molecule has 72 valence electrons. The van der Waals surface area contributed by atoms with E-state index in [2.05, 4.69) is 0 Å².